The third-order valence-electron chi connectivity index (χ3n) is 2.43. The average Bonchev–Trinajstić information content (AvgIpc) is 2.64. The molecule has 0 spiro atoms. The summed E-state index contributed by atoms with van der Waals surface area (Å²) in [6.45, 7) is 3.72. The van der Waals surface area contributed by atoms with Crippen molar-refractivity contribution in [3.63, 3.8) is 0 Å². The summed E-state index contributed by atoms with van der Waals surface area (Å²) in [4.78, 5) is 4.46. The average molecular weight is 236 g/mol. The molecule has 0 saturated carbocycles. The van der Waals surface area contributed by atoms with Crippen molar-refractivity contribution in [3.8, 4) is 10.6 Å². The van der Waals surface area contributed by atoms with Crippen molar-refractivity contribution in [2.45, 2.75) is 13.8 Å². The fourth-order valence-corrected chi connectivity index (χ4v) is 2.45. The molecule has 4 heteroatoms. The van der Waals surface area contributed by atoms with Gasteiger partial charge in [0.05, 0.1) is 5.69 Å². The maximum atomic E-state index is 13.1. The zero-order valence-corrected chi connectivity index (χ0v) is 10.3. The molecule has 0 aliphatic heterocycles. The summed E-state index contributed by atoms with van der Waals surface area (Å²) in [6, 6.07) is 5.08. The fourth-order valence-electron chi connectivity index (χ4n) is 1.53. The van der Waals surface area contributed by atoms with Gasteiger partial charge in [0.25, 0.3) is 0 Å². The Bertz CT molecular complexity index is 520. The molecule has 2 aromatic rings. The summed E-state index contributed by atoms with van der Waals surface area (Å²) < 4.78 is 13.1. The SMILES string of the molecule is CNc1sc(-c2ccc(F)c(C)c2)nc1C. The molecule has 0 saturated heterocycles. The van der Waals surface area contributed by atoms with Crippen LogP contribution in [0.25, 0.3) is 10.6 Å². The van der Waals surface area contributed by atoms with Crippen molar-refractivity contribution in [1.82, 2.24) is 4.98 Å². The van der Waals surface area contributed by atoms with Gasteiger partial charge in [-0.05, 0) is 37.6 Å². The van der Waals surface area contributed by atoms with Crippen LogP contribution in [0.1, 0.15) is 11.3 Å². The van der Waals surface area contributed by atoms with Crippen molar-refractivity contribution < 1.29 is 4.39 Å². The molecule has 0 aliphatic rings. The maximum absolute atomic E-state index is 13.1. The van der Waals surface area contributed by atoms with Crippen molar-refractivity contribution >= 4 is 16.3 Å². The summed E-state index contributed by atoms with van der Waals surface area (Å²) in [5.74, 6) is -0.175. The van der Waals surface area contributed by atoms with Crippen LogP contribution in [0.4, 0.5) is 9.39 Å². The van der Waals surface area contributed by atoms with Crippen molar-refractivity contribution in [3.05, 3.63) is 35.3 Å². The number of benzene rings is 1. The minimum absolute atomic E-state index is 0.175. The summed E-state index contributed by atoms with van der Waals surface area (Å²) in [5.41, 5.74) is 2.59. The third-order valence-corrected chi connectivity index (χ3v) is 3.65. The Morgan fingerprint density at radius 3 is 2.62 bits per heavy atom. The third kappa shape index (κ3) is 1.93. The first-order valence-electron chi connectivity index (χ1n) is 5.03. The molecule has 0 bridgehead atoms. The second-order valence-electron chi connectivity index (χ2n) is 3.65. The highest BCUT2D eigenvalue weighted by atomic mass is 32.1. The molecule has 0 fully saturated rings. The lowest BCUT2D eigenvalue weighted by Gasteiger charge is -1.99. The molecule has 0 unspecified atom stereocenters. The highest BCUT2D eigenvalue weighted by Crippen LogP contribution is 2.31. The van der Waals surface area contributed by atoms with Gasteiger partial charge in [-0.2, -0.15) is 0 Å². The van der Waals surface area contributed by atoms with Crippen LogP contribution in [0.5, 0.6) is 0 Å². The normalized spacial score (nSPS) is 10.5. The van der Waals surface area contributed by atoms with Crippen molar-refractivity contribution in [1.29, 1.82) is 0 Å². The number of halogens is 1. The van der Waals surface area contributed by atoms with E-state index in [-0.39, 0.29) is 5.82 Å². The lowest BCUT2D eigenvalue weighted by molar-refractivity contribution is 0.619. The van der Waals surface area contributed by atoms with E-state index in [9.17, 15) is 4.39 Å². The van der Waals surface area contributed by atoms with E-state index in [0.29, 0.717) is 5.56 Å². The van der Waals surface area contributed by atoms with E-state index < -0.39 is 0 Å². The smallest absolute Gasteiger partial charge is 0.126 e. The van der Waals surface area contributed by atoms with Crippen LogP contribution >= 0.6 is 11.3 Å². The number of aryl methyl sites for hydroxylation is 2. The molecule has 0 radical (unpaired) electrons. The second-order valence-corrected chi connectivity index (χ2v) is 4.65. The largest absolute Gasteiger partial charge is 0.378 e. The van der Waals surface area contributed by atoms with E-state index in [1.807, 2.05) is 20.0 Å². The number of rotatable bonds is 2. The molecule has 2 nitrogen and oxygen atoms in total. The zero-order valence-electron chi connectivity index (χ0n) is 9.47. The van der Waals surface area contributed by atoms with Gasteiger partial charge in [0.1, 0.15) is 15.8 Å². The number of anilines is 1. The van der Waals surface area contributed by atoms with E-state index in [0.717, 1.165) is 21.3 Å². The monoisotopic (exact) mass is 236 g/mol. The van der Waals surface area contributed by atoms with Gasteiger partial charge in [-0.1, -0.05) is 11.3 Å². The second kappa shape index (κ2) is 4.22. The Kier molecular flexibility index (Phi) is 2.92. The predicted octanol–water partition coefficient (Wildman–Crippen LogP) is 3.61. The summed E-state index contributed by atoms with van der Waals surface area (Å²) in [7, 11) is 1.88. The predicted molar refractivity (Wildman–Crippen MR) is 66.5 cm³/mol. The van der Waals surface area contributed by atoms with Gasteiger partial charge in [0.15, 0.2) is 0 Å². The quantitative estimate of drug-likeness (QED) is 0.861. The van der Waals surface area contributed by atoms with E-state index in [1.165, 1.54) is 6.07 Å². The van der Waals surface area contributed by atoms with Gasteiger partial charge >= 0.3 is 0 Å². The Morgan fingerprint density at radius 2 is 2.06 bits per heavy atom. The van der Waals surface area contributed by atoms with Crippen LogP contribution in [0.2, 0.25) is 0 Å². The number of hydrogen-bond acceptors (Lipinski definition) is 3. The van der Waals surface area contributed by atoms with Crippen LogP contribution in [0.3, 0.4) is 0 Å². The Hall–Kier alpha value is -1.42. The summed E-state index contributed by atoms with van der Waals surface area (Å²) in [6.07, 6.45) is 0. The summed E-state index contributed by atoms with van der Waals surface area (Å²) in [5, 5.41) is 5.07. The molecule has 2 rings (SSSR count). The molecule has 16 heavy (non-hydrogen) atoms. The van der Waals surface area contributed by atoms with Gasteiger partial charge in [0, 0.05) is 12.6 Å². The first-order valence-corrected chi connectivity index (χ1v) is 5.85. The minimum atomic E-state index is -0.175. The van der Waals surface area contributed by atoms with E-state index >= 15 is 0 Å². The molecule has 0 aliphatic carbocycles. The zero-order chi connectivity index (χ0) is 11.7. The van der Waals surface area contributed by atoms with Gasteiger partial charge in [-0.3, -0.25) is 0 Å². The Balaban J connectivity index is 2.46. The van der Waals surface area contributed by atoms with E-state index in [1.54, 1.807) is 24.3 Å². The lowest BCUT2D eigenvalue weighted by atomic mass is 10.1. The van der Waals surface area contributed by atoms with Crippen LogP contribution in [-0.4, -0.2) is 12.0 Å². The van der Waals surface area contributed by atoms with E-state index in [2.05, 4.69) is 10.3 Å². The molecular weight excluding hydrogens is 223 g/mol. The topological polar surface area (TPSA) is 24.9 Å². The fraction of sp³-hybridized carbons (Fsp3) is 0.250. The highest BCUT2D eigenvalue weighted by Gasteiger charge is 2.09. The lowest BCUT2D eigenvalue weighted by Crippen LogP contribution is -1.85. The van der Waals surface area contributed by atoms with Gasteiger partial charge in [-0.15, -0.1) is 0 Å². The van der Waals surface area contributed by atoms with Gasteiger partial charge < -0.3 is 5.32 Å². The van der Waals surface area contributed by atoms with Crippen LogP contribution in [0.15, 0.2) is 18.2 Å². The number of thiazole rings is 1. The first-order chi connectivity index (χ1) is 7.61. The molecule has 1 aromatic heterocycles. The Morgan fingerprint density at radius 1 is 1.31 bits per heavy atom. The standard InChI is InChI=1S/C12H13FN2S/c1-7-6-9(4-5-10(7)13)12-15-8(2)11(14-3)16-12/h4-6,14H,1-3H3. The van der Waals surface area contributed by atoms with Crippen molar-refractivity contribution in [2.75, 3.05) is 12.4 Å². The van der Waals surface area contributed by atoms with Gasteiger partial charge in [0.2, 0.25) is 0 Å². The number of nitrogens with zero attached hydrogens (tertiary/aromatic N) is 1. The molecule has 0 amide bonds. The Labute approximate surface area is 98.2 Å². The molecular formula is C12H13FN2S. The summed E-state index contributed by atoms with van der Waals surface area (Å²) >= 11 is 1.58. The maximum Gasteiger partial charge on any atom is 0.126 e. The van der Waals surface area contributed by atoms with Gasteiger partial charge in [-0.25, -0.2) is 9.37 Å². The van der Waals surface area contributed by atoms with Crippen LogP contribution in [0, 0.1) is 19.7 Å². The highest BCUT2D eigenvalue weighted by molar-refractivity contribution is 7.19. The molecule has 0 atom stereocenters. The van der Waals surface area contributed by atoms with Crippen molar-refractivity contribution in [2.24, 2.45) is 0 Å². The number of aromatic nitrogens is 1. The van der Waals surface area contributed by atoms with E-state index in [4.69, 9.17) is 0 Å². The minimum Gasteiger partial charge on any atom is -0.378 e. The molecule has 1 aromatic carbocycles. The van der Waals surface area contributed by atoms with Crippen LogP contribution < -0.4 is 5.32 Å². The molecule has 1 heterocycles. The number of hydrogen-bond donors (Lipinski definition) is 1. The molecule has 1 N–H and O–H groups in total. The molecule has 84 valence electrons. The first kappa shape index (κ1) is 11.1. The van der Waals surface area contributed by atoms with Crippen LogP contribution in [-0.2, 0) is 0 Å². The number of nitrogens with one attached hydrogen (secondary N) is 1.